The monoisotopic (exact) mass is 266 g/mol. The van der Waals surface area contributed by atoms with Crippen LogP contribution in [-0.4, -0.2) is 4.98 Å². The number of pyridine rings is 1. The van der Waals surface area contributed by atoms with Crippen LogP contribution in [0.5, 0.6) is 0 Å². The molecule has 0 bridgehead atoms. The molecule has 0 aliphatic carbocycles. The van der Waals surface area contributed by atoms with Gasteiger partial charge in [0.1, 0.15) is 5.82 Å². The molecular weight excluding hydrogens is 255 g/mol. The van der Waals surface area contributed by atoms with Gasteiger partial charge >= 0.3 is 0 Å². The molecule has 1 N–H and O–H groups in total. The normalized spacial score (nSPS) is 12.2. The van der Waals surface area contributed by atoms with E-state index in [2.05, 4.69) is 10.3 Å². The zero-order valence-electron chi connectivity index (χ0n) is 9.32. The Labute approximate surface area is 111 Å². The van der Waals surface area contributed by atoms with Crippen molar-refractivity contribution in [2.75, 3.05) is 5.32 Å². The molecule has 2 aromatic rings. The summed E-state index contributed by atoms with van der Waals surface area (Å²) in [6.07, 6.45) is 1.75. The van der Waals surface area contributed by atoms with Crippen LogP contribution in [-0.2, 0) is 0 Å². The van der Waals surface area contributed by atoms with E-state index >= 15 is 0 Å². The van der Waals surface area contributed by atoms with Crippen molar-refractivity contribution in [1.29, 1.82) is 0 Å². The summed E-state index contributed by atoms with van der Waals surface area (Å²) in [6.45, 7) is 2.03. The van der Waals surface area contributed by atoms with E-state index < -0.39 is 0 Å². The average Bonchev–Trinajstić information content (AvgIpc) is 2.30. The number of halogens is 2. The maximum absolute atomic E-state index is 6.15. The van der Waals surface area contributed by atoms with E-state index in [0.29, 0.717) is 10.0 Å². The molecule has 0 fully saturated rings. The standard InChI is InChI=1S/C13H12Cl2N2/c1-9(17-13-4-2-3-7-16-13)11-6-5-10(14)8-12(11)15/h2-9H,1H3,(H,16,17)/t9-/m0/s1. The molecule has 2 nitrogen and oxygen atoms in total. The van der Waals surface area contributed by atoms with Crippen molar-refractivity contribution in [3.8, 4) is 0 Å². The predicted molar refractivity (Wildman–Crippen MR) is 72.7 cm³/mol. The molecule has 0 saturated carbocycles. The summed E-state index contributed by atoms with van der Waals surface area (Å²) >= 11 is 12.0. The molecule has 0 spiro atoms. The Morgan fingerprint density at radius 3 is 2.65 bits per heavy atom. The van der Waals surface area contributed by atoms with Crippen LogP contribution in [0.4, 0.5) is 5.82 Å². The first-order valence-electron chi connectivity index (χ1n) is 5.29. The molecule has 88 valence electrons. The van der Waals surface area contributed by atoms with Gasteiger partial charge in [-0.2, -0.15) is 0 Å². The molecule has 1 aromatic carbocycles. The smallest absolute Gasteiger partial charge is 0.126 e. The Kier molecular flexibility index (Phi) is 3.87. The highest BCUT2D eigenvalue weighted by atomic mass is 35.5. The molecule has 0 aliphatic rings. The van der Waals surface area contributed by atoms with Gasteiger partial charge in [0.05, 0.1) is 6.04 Å². The van der Waals surface area contributed by atoms with Gasteiger partial charge in [-0.1, -0.05) is 35.3 Å². The second-order valence-electron chi connectivity index (χ2n) is 3.75. The van der Waals surface area contributed by atoms with E-state index in [0.717, 1.165) is 11.4 Å². The predicted octanol–water partition coefficient (Wildman–Crippen LogP) is 4.56. The van der Waals surface area contributed by atoms with Gasteiger partial charge in [-0.3, -0.25) is 0 Å². The number of rotatable bonds is 3. The molecule has 2 rings (SSSR count). The van der Waals surface area contributed by atoms with Gasteiger partial charge in [-0.15, -0.1) is 0 Å². The molecule has 0 aliphatic heterocycles. The minimum Gasteiger partial charge on any atom is -0.363 e. The number of aromatic nitrogens is 1. The average molecular weight is 267 g/mol. The van der Waals surface area contributed by atoms with Crippen LogP contribution < -0.4 is 5.32 Å². The largest absolute Gasteiger partial charge is 0.363 e. The molecule has 1 aromatic heterocycles. The highest BCUT2D eigenvalue weighted by molar-refractivity contribution is 6.35. The molecule has 1 atom stereocenters. The van der Waals surface area contributed by atoms with Crippen LogP contribution >= 0.6 is 23.2 Å². The van der Waals surface area contributed by atoms with Crippen LogP contribution in [0.1, 0.15) is 18.5 Å². The lowest BCUT2D eigenvalue weighted by Crippen LogP contribution is -2.08. The summed E-state index contributed by atoms with van der Waals surface area (Å²) in [4.78, 5) is 4.21. The van der Waals surface area contributed by atoms with E-state index in [1.165, 1.54) is 0 Å². The van der Waals surface area contributed by atoms with Crippen LogP contribution in [0.2, 0.25) is 10.0 Å². The number of anilines is 1. The van der Waals surface area contributed by atoms with Crippen molar-refractivity contribution >= 4 is 29.0 Å². The van der Waals surface area contributed by atoms with E-state index in [1.807, 2.05) is 37.3 Å². The Hall–Kier alpha value is -1.25. The maximum atomic E-state index is 6.15. The molecule has 17 heavy (non-hydrogen) atoms. The van der Waals surface area contributed by atoms with Crippen LogP contribution in [0.15, 0.2) is 42.6 Å². The van der Waals surface area contributed by atoms with Gasteiger partial charge in [-0.05, 0) is 36.8 Å². The summed E-state index contributed by atoms with van der Waals surface area (Å²) in [5.74, 6) is 0.825. The second-order valence-corrected chi connectivity index (χ2v) is 4.59. The fourth-order valence-corrected chi connectivity index (χ4v) is 2.17. The van der Waals surface area contributed by atoms with Gasteiger partial charge in [0.15, 0.2) is 0 Å². The van der Waals surface area contributed by atoms with E-state index in [9.17, 15) is 0 Å². The van der Waals surface area contributed by atoms with E-state index in [1.54, 1.807) is 12.3 Å². The third-order valence-electron chi connectivity index (χ3n) is 2.46. The van der Waals surface area contributed by atoms with Crippen molar-refractivity contribution in [1.82, 2.24) is 4.98 Å². The molecule has 4 heteroatoms. The van der Waals surface area contributed by atoms with Crippen LogP contribution in [0.3, 0.4) is 0 Å². The van der Waals surface area contributed by atoms with Crippen molar-refractivity contribution in [2.24, 2.45) is 0 Å². The summed E-state index contributed by atoms with van der Waals surface area (Å²) in [6, 6.07) is 11.3. The summed E-state index contributed by atoms with van der Waals surface area (Å²) in [5, 5.41) is 4.58. The summed E-state index contributed by atoms with van der Waals surface area (Å²) in [7, 11) is 0. The molecule has 0 radical (unpaired) electrons. The number of benzene rings is 1. The Morgan fingerprint density at radius 2 is 2.00 bits per heavy atom. The van der Waals surface area contributed by atoms with E-state index in [4.69, 9.17) is 23.2 Å². The zero-order valence-corrected chi connectivity index (χ0v) is 10.8. The van der Waals surface area contributed by atoms with Crippen molar-refractivity contribution < 1.29 is 0 Å². The van der Waals surface area contributed by atoms with Crippen molar-refractivity contribution in [2.45, 2.75) is 13.0 Å². The molecule has 0 saturated heterocycles. The van der Waals surface area contributed by atoms with Crippen molar-refractivity contribution in [3.63, 3.8) is 0 Å². The number of hydrogen-bond donors (Lipinski definition) is 1. The summed E-state index contributed by atoms with van der Waals surface area (Å²) < 4.78 is 0. The fraction of sp³-hybridized carbons (Fsp3) is 0.154. The molecule has 0 unspecified atom stereocenters. The Bertz CT molecular complexity index is 500. The third-order valence-corrected chi connectivity index (χ3v) is 3.02. The number of nitrogens with one attached hydrogen (secondary N) is 1. The Balaban J connectivity index is 2.17. The van der Waals surface area contributed by atoms with Gasteiger partial charge in [0.2, 0.25) is 0 Å². The summed E-state index contributed by atoms with van der Waals surface area (Å²) in [5.41, 5.74) is 1.00. The molecule has 1 heterocycles. The van der Waals surface area contributed by atoms with E-state index in [-0.39, 0.29) is 6.04 Å². The molecule has 0 amide bonds. The highest BCUT2D eigenvalue weighted by Crippen LogP contribution is 2.27. The van der Waals surface area contributed by atoms with Gasteiger partial charge in [0, 0.05) is 16.2 Å². The maximum Gasteiger partial charge on any atom is 0.126 e. The SMILES string of the molecule is C[C@H](Nc1ccccn1)c1ccc(Cl)cc1Cl. The number of hydrogen-bond acceptors (Lipinski definition) is 2. The number of nitrogens with zero attached hydrogens (tertiary/aromatic N) is 1. The van der Waals surface area contributed by atoms with Gasteiger partial charge < -0.3 is 5.32 Å². The lowest BCUT2D eigenvalue weighted by atomic mass is 10.1. The van der Waals surface area contributed by atoms with Crippen LogP contribution in [0, 0.1) is 0 Å². The lowest BCUT2D eigenvalue weighted by Gasteiger charge is -2.16. The van der Waals surface area contributed by atoms with Gasteiger partial charge in [-0.25, -0.2) is 4.98 Å². The first-order chi connectivity index (χ1) is 8.16. The first-order valence-corrected chi connectivity index (χ1v) is 6.05. The second kappa shape index (κ2) is 5.39. The zero-order chi connectivity index (χ0) is 12.3. The Morgan fingerprint density at radius 1 is 1.18 bits per heavy atom. The highest BCUT2D eigenvalue weighted by Gasteiger charge is 2.10. The topological polar surface area (TPSA) is 24.9 Å². The molecular formula is C13H12Cl2N2. The quantitative estimate of drug-likeness (QED) is 0.881. The minimum atomic E-state index is 0.0784. The third kappa shape index (κ3) is 3.11. The lowest BCUT2D eigenvalue weighted by molar-refractivity contribution is 0.875. The van der Waals surface area contributed by atoms with Crippen molar-refractivity contribution in [3.05, 3.63) is 58.2 Å². The minimum absolute atomic E-state index is 0.0784. The van der Waals surface area contributed by atoms with Gasteiger partial charge in [0.25, 0.3) is 0 Å². The van der Waals surface area contributed by atoms with Crippen LogP contribution in [0.25, 0.3) is 0 Å². The fourth-order valence-electron chi connectivity index (χ4n) is 1.60. The first kappa shape index (κ1) is 12.2.